The predicted molar refractivity (Wildman–Crippen MR) is 76.5 cm³/mol. The molecule has 9 heteroatoms. The number of anilines is 2. The van der Waals surface area contributed by atoms with Crippen molar-refractivity contribution >= 4 is 11.9 Å². The lowest BCUT2D eigenvalue weighted by molar-refractivity contribution is 0.0337. The van der Waals surface area contributed by atoms with Crippen molar-refractivity contribution < 1.29 is 4.74 Å². The molecule has 0 amide bonds. The van der Waals surface area contributed by atoms with Gasteiger partial charge in [0.25, 0.3) is 5.95 Å². The molecule has 112 valence electrons. The molecule has 9 nitrogen and oxygen atoms in total. The first-order valence-electron chi connectivity index (χ1n) is 6.84. The number of hydrogen-bond acceptors (Lipinski definition) is 8. The van der Waals surface area contributed by atoms with Crippen molar-refractivity contribution in [1.82, 2.24) is 29.7 Å². The van der Waals surface area contributed by atoms with Crippen molar-refractivity contribution in [3.63, 3.8) is 0 Å². The van der Waals surface area contributed by atoms with Gasteiger partial charge in [-0.15, -0.1) is 0 Å². The number of nitrogens with one attached hydrogen (secondary N) is 1. The summed E-state index contributed by atoms with van der Waals surface area (Å²) >= 11 is 0. The maximum atomic E-state index is 5.64. The molecule has 0 radical (unpaired) electrons. The summed E-state index contributed by atoms with van der Waals surface area (Å²) in [6, 6.07) is 0.205. The van der Waals surface area contributed by atoms with E-state index in [2.05, 4.69) is 42.2 Å². The van der Waals surface area contributed by atoms with Crippen molar-refractivity contribution in [2.45, 2.75) is 26.0 Å². The van der Waals surface area contributed by atoms with Crippen LogP contribution in [0.2, 0.25) is 0 Å². The molecule has 3 rings (SSSR count). The molecule has 1 saturated heterocycles. The largest absolute Gasteiger partial charge is 0.375 e. The second-order valence-electron chi connectivity index (χ2n) is 4.99. The Morgan fingerprint density at radius 1 is 1.24 bits per heavy atom. The zero-order valence-corrected chi connectivity index (χ0v) is 12.3. The van der Waals surface area contributed by atoms with Gasteiger partial charge in [0.15, 0.2) is 0 Å². The summed E-state index contributed by atoms with van der Waals surface area (Å²) in [5.41, 5.74) is 0. The fourth-order valence-corrected chi connectivity index (χ4v) is 2.19. The number of morpholine rings is 1. The molecular formula is C12H18N8O. The number of aromatic nitrogens is 6. The molecule has 0 saturated carbocycles. The Bertz CT molecular complexity index is 601. The van der Waals surface area contributed by atoms with Gasteiger partial charge in [-0.3, -0.25) is 0 Å². The molecule has 0 bridgehead atoms. The Morgan fingerprint density at radius 3 is 2.76 bits per heavy atom. The molecule has 0 spiro atoms. The second-order valence-corrected chi connectivity index (χ2v) is 4.99. The van der Waals surface area contributed by atoms with E-state index in [1.165, 1.54) is 11.0 Å². The predicted octanol–water partition coefficient (Wildman–Crippen LogP) is 0.108. The van der Waals surface area contributed by atoms with Crippen molar-refractivity contribution in [2.75, 3.05) is 30.4 Å². The van der Waals surface area contributed by atoms with Crippen LogP contribution >= 0.6 is 0 Å². The van der Waals surface area contributed by atoms with Crippen LogP contribution in [0.3, 0.4) is 0 Å². The van der Waals surface area contributed by atoms with E-state index < -0.39 is 0 Å². The minimum absolute atomic E-state index is 0.144. The molecule has 1 fully saturated rings. The standard InChI is InChI=1S/C12H18N8O/c1-8-5-21-9(2)4-19(8)11-16-10(13-3)17-12(18-11)20-7-14-6-15-20/h6-9H,4-5H2,1-3H3,(H,13,16,17,18). The fourth-order valence-electron chi connectivity index (χ4n) is 2.19. The van der Waals surface area contributed by atoms with E-state index in [0.717, 1.165) is 6.54 Å². The number of rotatable bonds is 3. The molecule has 2 unspecified atom stereocenters. The van der Waals surface area contributed by atoms with Gasteiger partial charge in [-0.2, -0.15) is 24.7 Å². The average molecular weight is 290 g/mol. The third-order valence-electron chi connectivity index (χ3n) is 3.32. The maximum absolute atomic E-state index is 5.64. The summed E-state index contributed by atoms with van der Waals surface area (Å²) in [4.78, 5) is 19.3. The molecule has 2 aromatic rings. The molecule has 2 atom stereocenters. The lowest BCUT2D eigenvalue weighted by atomic mass is 10.2. The minimum atomic E-state index is 0.144. The van der Waals surface area contributed by atoms with Crippen LogP contribution in [0.5, 0.6) is 0 Å². The molecule has 0 aliphatic carbocycles. The van der Waals surface area contributed by atoms with E-state index in [1.54, 1.807) is 13.4 Å². The van der Waals surface area contributed by atoms with Crippen molar-refractivity contribution in [1.29, 1.82) is 0 Å². The zero-order chi connectivity index (χ0) is 14.8. The Hall–Kier alpha value is -2.29. The Morgan fingerprint density at radius 2 is 2.05 bits per heavy atom. The first-order valence-corrected chi connectivity index (χ1v) is 6.84. The zero-order valence-electron chi connectivity index (χ0n) is 12.3. The molecule has 2 aromatic heterocycles. The van der Waals surface area contributed by atoms with Crippen molar-refractivity contribution in [3.8, 4) is 5.95 Å². The summed E-state index contributed by atoms with van der Waals surface area (Å²) in [6.45, 7) is 5.52. The van der Waals surface area contributed by atoms with Gasteiger partial charge in [-0.25, -0.2) is 4.98 Å². The van der Waals surface area contributed by atoms with Crippen LogP contribution in [0.25, 0.3) is 5.95 Å². The normalized spacial score (nSPS) is 22.3. The highest BCUT2D eigenvalue weighted by Gasteiger charge is 2.26. The second kappa shape index (κ2) is 5.60. The van der Waals surface area contributed by atoms with Crippen LogP contribution in [0.1, 0.15) is 13.8 Å². The Balaban J connectivity index is 1.99. The van der Waals surface area contributed by atoms with E-state index in [0.29, 0.717) is 24.5 Å². The van der Waals surface area contributed by atoms with E-state index in [9.17, 15) is 0 Å². The highest BCUT2D eigenvalue weighted by atomic mass is 16.5. The van der Waals surface area contributed by atoms with Crippen LogP contribution in [0.15, 0.2) is 12.7 Å². The van der Waals surface area contributed by atoms with Crippen molar-refractivity contribution in [3.05, 3.63) is 12.7 Å². The van der Waals surface area contributed by atoms with Gasteiger partial charge in [-0.05, 0) is 13.8 Å². The third kappa shape index (κ3) is 2.77. The molecule has 0 aromatic carbocycles. The fraction of sp³-hybridized carbons (Fsp3) is 0.583. The van der Waals surface area contributed by atoms with E-state index in [1.807, 2.05) is 6.92 Å². The van der Waals surface area contributed by atoms with E-state index in [-0.39, 0.29) is 12.1 Å². The van der Waals surface area contributed by atoms with Gasteiger partial charge in [-0.1, -0.05) is 0 Å². The van der Waals surface area contributed by atoms with Gasteiger partial charge in [0.2, 0.25) is 11.9 Å². The van der Waals surface area contributed by atoms with E-state index >= 15 is 0 Å². The molecule has 1 aliphatic rings. The SMILES string of the molecule is CNc1nc(N2CC(C)OCC2C)nc(-n2cncn2)n1. The van der Waals surface area contributed by atoms with E-state index in [4.69, 9.17) is 4.74 Å². The smallest absolute Gasteiger partial charge is 0.258 e. The quantitative estimate of drug-likeness (QED) is 0.851. The Labute approximate surface area is 122 Å². The summed E-state index contributed by atoms with van der Waals surface area (Å²) in [5, 5.41) is 7.02. The summed E-state index contributed by atoms with van der Waals surface area (Å²) in [6.07, 6.45) is 3.15. The molecule has 21 heavy (non-hydrogen) atoms. The van der Waals surface area contributed by atoms with Crippen molar-refractivity contribution in [2.24, 2.45) is 0 Å². The monoisotopic (exact) mass is 290 g/mol. The van der Waals surface area contributed by atoms with Gasteiger partial charge in [0, 0.05) is 13.6 Å². The molecule has 3 heterocycles. The number of nitrogens with zero attached hydrogens (tertiary/aromatic N) is 7. The number of hydrogen-bond donors (Lipinski definition) is 1. The molecular weight excluding hydrogens is 272 g/mol. The highest BCUT2D eigenvalue weighted by Crippen LogP contribution is 2.19. The van der Waals surface area contributed by atoms with Gasteiger partial charge in [0.05, 0.1) is 18.8 Å². The maximum Gasteiger partial charge on any atom is 0.258 e. The molecule has 1 N–H and O–H groups in total. The first kappa shape index (κ1) is 13.7. The average Bonchev–Trinajstić information content (AvgIpc) is 3.03. The van der Waals surface area contributed by atoms with Gasteiger partial charge < -0.3 is 15.0 Å². The summed E-state index contributed by atoms with van der Waals surface area (Å²) in [7, 11) is 1.77. The minimum Gasteiger partial charge on any atom is -0.375 e. The topological polar surface area (TPSA) is 93.9 Å². The summed E-state index contributed by atoms with van der Waals surface area (Å²) < 4.78 is 7.16. The summed E-state index contributed by atoms with van der Waals surface area (Å²) in [5.74, 6) is 1.55. The van der Waals surface area contributed by atoms with Crippen LogP contribution < -0.4 is 10.2 Å². The lowest BCUT2D eigenvalue weighted by Crippen LogP contribution is -2.48. The Kier molecular flexibility index (Phi) is 3.65. The third-order valence-corrected chi connectivity index (χ3v) is 3.32. The first-order chi connectivity index (χ1) is 10.2. The number of ether oxygens (including phenoxy) is 1. The lowest BCUT2D eigenvalue weighted by Gasteiger charge is -2.36. The molecule has 1 aliphatic heterocycles. The highest BCUT2D eigenvalue weighted by molar-refractivity contribution is 5.41. The van der Waals surface area contributed by atoms with Gasteiger partial charge in [0.1, 0.15) is 12.7 Å². The van der Waals surface area contributed by atoms with Crippen LogP contribution in [0.4, 0.5) is 11.9 Å². The van der Waals surface area contributed by atoms with Gasteiger partial charge >= 0.3 is 0 Å². The van der Waals surface area contributed by atoms with Crippen LogP contribution in [-0.2, 0) is 4.74 Å². The van der Waals surface area contributed by atoms with Crippen LogP contribution in [0, 0.1) is 0 Å². The van der Waals surface area contributed by atoms with Crippen LogP contribution in [-0.4, -0.2) is 62.1 Å².